The van der Waals surface area contributed by atoms with E-state index in [9.17, 15) is 0 Å². The minimum absolute atomic E-state index is 0.435. The highest BCUT2D eigenvalue weighted by atomic mass is 79.9. The second-order valence-electron chi connectivity index (χ2n) is 5.81. The standard InChI is InChI=1S/C19H17BrCl2N4OS/c1-2-27-14-6-4-13(5-7-14)23-19(28)24-18-15(20)11-26(25-18)10-12-3-8-16(21)17(22)9-12/h3-9,11H,2,10H2,1H3,(H2,23,24,25,28). The third-order valence-electron chi connectivity index (χ3n) is 3.70. The predicted molar refractivity (Wildman–Crippen MR) is 123 cm³/mol. The molecule has 0 radical (unpaired) electrons. The van der Waals surface area contributed by atoms with Gasteiger partial charge in [0, 0.05) is 11.9 Å². The average molecular weight is 500 g/mol. The molecule has 0 aliphatic carbocycles. The molecule has 9 heteroatoms. The number of aromatic nitrogens is 2. The molecule has 0 fully saturated rings. The zero-order valence-electron chi connectivity index (χ0n) is 14.9. The molecule has 0 spiro atoms. The Hall–Kier alpha value is -1.80. The third kappa shape index (κ3) is 5.61. The molecule has 0 aliphatic heterocycles. The highest BCUT2D eigenvalue weighted by Gasteiger charge is 2.10. The first-order valence-corrected chi connectivity index (χ1v) is 10.4. The van der Waals surface area contributed by atoms with Crippen LogP contribution in [0.2, 0.25) is 10.0 Å². The van der Waals surface area contributed by atoms with E-state index in [-0.39, 0.29) is 0 Å². The van der Waals surface area contributed by atoms with Gasteiger partial charge in [-0.25, -0.2) is 0 Å². The van der Waals surface area contributed by atoms with Gasteiger partial charge in [-0.05, 0) is 77.0 Å². The Morgan fingerprint density at radius 3 is 2.57 bits per heavy atom. The largest absolute Gasteiger partial charge is 0.494 e. The lowest BCUT2D eigenvalue weighted by Gasteiger charge is -2.10. The number of halogens is 3. The van der Waals surface area contributed by atoms with E-state index >= 15 is 0 Å². The zero-order chi connectivity index (χ0) is 20.1. The van der Waals surface area contributed by atoms with E-state index in [4.69, 9.17) is 40.2 Å². The first kappa shape index (κ1) is 20.9. The smallest absolute Gasteiger partial charge is 0.176 e. The number of nitrogens with one attached hydrogen (secondary N) is 2. The second-order valence-corrected chi connectivity index (χ2v) is 7.89. The first-order valence-electron chi connectivity index (χ1n) is 8.42. The monoisotopic (exact) mass is 498 g/mol. The van der Waals surface area contributed by atoms with Gasteiger partial charge in [-0.3, -0.25) is 4.68 Å². The fraction of sp³-hybridized carbons (Fsp3) is 0.158. The first-order chi connectivity index (χ1) is 13.4. The third-order valence-corrected chi connectivity index (χ3v) is 5.22. The van der Waals surface area contributed by atoms with E-state index < -0.39 is 0 Å². The van der Waals surface area contributed by atoms with Crippen molar-refractivity contribution in [3.8, 4) is 5.75 Å². The van der Waals surface area contributed by atoms with Gasteiger partial charge >= 0.3 is 0 Å². The van der Waals surface area contributed by atoms with Crippen molar-refractivity contribution in [1.82, 2.24) is 9.78 Å². The van der Waals surface area contributed by atoms with Crippen molar-refractivity contribution in [3.05, 3.63) is 68.7 Å². The molecule has 0 amide bonds. The number of anilines is 2. The van der Waals surface area contributed by atoms with Crippen molar-refractivity contribution < 1.29 is 4.74 Å². The van der Waals surface area contributed by atoms with Gasteiger partial charge in [0.15, 0.2) is 10.9 Å². The number of ether oxygens (including phenoxy) is 1. The molecular formula is C19H17BrCl2N4OS. The van der Waals surface area contributed by atoms with E-state index in [0.717, 1.165) is 21.5 Å². The van der Waals surface area contributed by atoms with Crippen LogP contribution >= 0.6 is 51.3 Å². The van der Waals surface area contributed by atoms with Crippen LogP contribution in [0.5, 0.6) is 5.75 Å². The van der Waals surface area contributed by atoms with Gasteiger partial charge in [0.25, 0.3) is 0 Å². The van der Waals surface area contributed by atoms with Gasteiger partial charge in [0.2, 0.25) is 0 Å². The van der Waals surface area contributed by atoms with Crippen LogP contribution in [0.1, 0.15) is 12.5 Å². The molecule has 0 aliphatic rings. The fourth-order valence-corrected chi connectivity index (χ4v) is 3.41. The molecule has 1 heterocycles. The topological polar surface area (TPSA) is 51.1 Å². The zero-order valence-corrected chi connectivity index (χ0v) is 18.8. The molecule has 5 nitrogen and oxygen atoms in total. The second kappa shape index (κ2) is 9.60. The summed E-state index contributed by atoms with van der Waals surface area (Å²) in [5, 5.41) is 12.2. The maximum Gasteiger partial charge on any atom is 0.176 e. The minimum Gasteiger partial charge on any atom is -0.494 e. The van der Waals surface area contributed by atoms with Gasteiger partial charge < -0.3 is 15.4 Å². The lowest BCUT2D eigenvalue weighted by atomic mass is 10.2. The number of rotatable bonds is 6. The molecule has 3 aromatic rings. The molecule has 146 valence electrons. The lowest BCUT2D eigenvalue weighted by molar-refractivity contribution is 0.340. The summed E-state index contributed by atoms with van der Waals surface area (Å²) >= 11 is 20.9. The highest BCUT2D eigenvalue weighted by Crippen LogP contribution is 2.25. The number of hydrogen-bond donors (Lipinski definition) is 2. The molecule has 1 aromatic heterocycles. The fourth-order valence-electron chi connectivity index (χ4n) is 2.46. The summed E-state index contributed by atoms with van der Waals surface area (Å²) in [7, 11) is 0. The summed E-state index contributed by atoms with van der Waals surface area (Å²) in [5.74, 6) is 1.43. The van der Waals surface area contributed by atoms with E-state index in [1.54, 1.807) is 10.7 Å². The highest BCUT2D eigenvalue weighted by molar-refractivity contribution is 9.10. The Labute approximate surface area is 187 Å². The minimum atomic E-state index is 0.435. The van der Waals surface area contributed by atoms with Gasteiger partial charge in [-0.1, -0.05) is 29.3 Å². The van der Waals surface area contributed by atoms with E-state index in [2.05, 4.69) is 31.7 Å². The SMILES string of the molecule is CCOc1ccc(NC(=S)Nc2nn(Cc3ccc(Cl)c(Cl)c3)cc2Br)cc1. The van der Waals surface area contributed by atoms with Crippen LogP contribution in [0, 0.1) is 0 Å². The summed E-state index contributed by atoms with van der Waals surface area (Å²) in [6.45, 7) is 3.13. The Bertz CT molecular complexity index is 979. The molecular weight excluding hydrogens is 483 g/mol. The van der Waals surface area contributed by atoms with Crippen molar-refractivity contribution in [2.75, 3.05) is 17.2 Å². The van der Waals surface area contributed by atoms with Gasteiger partial charge in [-0.15, -0.1) is 0 Å². The van der Waals surface area contributed by atoms with Gasteiger partial charge in [-0.2, -0.15) is 5.10 Å². The summed E-state index contributed by atoms with van der Waals surface area (Å²) in [6.07, 6.45) is 1.87. The van der Waals surface area contributed by atoms with Crippen LogP contribution in [0.4, 0.5) is 11.5 Å². The average Bonchev–Trinajstić information content (AvgIpc) is 2.99. The molecule has 0 bridgehead atoms. The van der Waals surface area contributed by atoms with E-state index in [1.165, 1.54) is 0 Å². The maximum absolute atomic E-state index is 6.07. The summed E-state index contributed by atoms with van der Waals surface area (Å²) in [4.78, 5) is 0. The maximum atomic E-state index is 6.07. The number of thiocarbonyl (C=S) groups is 1. The van der Waals surface area contributed by atoms with Crippen LogP contribution in [-0.4, -0.2) is 21.5 Å². The van der Waals surface area contributed by atoms with Crippen molar-refractivity contribution in [1.29, 1.82) is 0 Å². The van der Waals surface area contributed by atoms with Crippen LogP contribution in [0.3, 0.4) is 0 Å². The molecule has 2 N–H and O–H groups in total. The van der Waals surface area contributed by atoms with Crippen molar-refractivity contribution >= 4 is 68.0 Å². The molecule has 0 atom stereocenters. The Morgan fingerprint density at radius 2 is 1.89 bits per heavy atom. The predicted octanol–water partition coefficient (Wildman–Crippen LogP) is 6.21. The summed E-state index contributed by atoms with van der Waals surface area (Å²) < 4.78 is 8.01. The van der Waals surface area contributed by atoms with E-state index in [1.807, 2.05) is 49.5 Å². The molecule has 28 heavy (non-hydrogen) atoms. The Balaban J connectivity index is 1.62. The number of benzene rings is 2. The van der Waals surface area contributed by atoms with E-state index in [0.29, 0.717) is 34.1 Å². The van der Waals surface area contributed by atoms with Crippen molar-refractivity contribution in [3.63, 3.8) is 0 Å². The van der Waals surface area contributed by atoms with Crippen LogP contribution < -0.4 is 15.4 Å². The molecule has 0 saturated heterocycles. The molecule has 2 aromatic carbocycles. The normalized spacial score (nSPS) is 10.6. The van der Waals surface area contributed by atoms with Crippen LogP contribution in [0.25, 0.3) is 0 Å². The Kier molecular flexibility index (Phi) is 7.18. The molecule has 3 rings (SSSR count). The number of nitrogens with zero attached hydrogens (tertiary/aromatic N) is 2. The van der Waals surface area contributed by atoms with Crippen LogP contribution in [0.15, 0.2) is 53.1 Å². The van der Waals surface area contributed by atoms with Crippen LogP contribution in [-0.2, 0) is 6.54 Å². The molecule has 0 saturated carbocycles. The quantitative estimate of drug-likeness (QED) is 0.395. The van der Waals surface area contributed by atoms with Crippen molar-refractivity contribution in [2.24, 2.45) is 0 Å². The Morgan fingerprint density at radius 1 is 1.14 bits per heavy atom. The van der Waals surface area contributed by atoms with Crippen molar-refractivity contribution in [2.45, 2.75) is 13.5 Å². The lowest BCUT2D eigenvalue weighted by Crippen LogP contribution is -2.19. The summed E-state index contributed by atoms with van der Waals surface area (Å²) in [5.41, 5.74) is 1.85. The molecule has 0 unspecified atom stereocenters. The summed E-state index contributed by atoms with van der Waals surface area (Å²) in [6, 6.07) is 13.1. The van der Waals surface area contributed by atoms with Gasteiger partial charge in [0.05, 0.1) is 27.7 Å². The number of hydrogen-bond acceptors (Lipinski definition) is 3. The van der Waals surface area contributed by atoms with Gasteiger partial charge in [0.1, 0.15) is 5.75 Å².